The van der Waals surface area contributed by atoms with Gasteiger partial charge < -0.3 is 14.5 Å². The molecule has 3 aromatic heterocycles. The highest BCUT2D eigenvalue weighted by Gasteiger charge is 2.22. The predicted octanol–water partition coefficient (Wildman–Crippen LogP) is 3.30. The molecular weight excluding hydrogens is 318 g/mol. The van der Waals surface area contributed by atoms with Crippen molar-refractivity contribution in [1.29, 1.82) is 0 Å². The van der Waals surface area contributed by atoms with Gasteiger partial charge in [0.2, 0.25) is 5.28 Å². The number of aryl methyl sites for hydroxylation is 1. The molecule has 0 amide bonds. The van der Waals surface area contributed by atoms with E-state index in [1.165, 1.54) is 0 Å². The van der Waals surface area contributed by atoms with Gasteiger partial charge in [0.25, 0.3) is 0 Å². The summed E-state index contributed by atoms with van der Waals surface area (Å²) in [5.74, 6) is 2.28. The normalized spacial score (nSPS) is 17.9. The molecule has 3 aromatic rings. The fourth-order valence-corrected chi connectivity index (χ4v) is 2.92. The van der Waals surface area contributed by atoms with Crippen LogP contribution in [0.2, 0.25) is 5.28 Å². The Bertz CT molecular complexity index is 838. The molecule has 4 heterocycles. The maximum absolute atomic E-state index is 6.08. The van der Waals surface area contributed by atoms with E-state index in [2.05, 4.69) is 20.3 Å². The first-order valence-corrected chi connectivity index (χ1v) is 7.89. The second-order valence-electron chi connectivity index (χ2n) is 5.50. The molecule has 1 aliphatic rings. The quantitative estimate of drug-likeness (QED) is 0.738. The van der Waals surface area contributed by atoms with Crippen molar-refractivity contribution in [2.75, 3.05) is 11.9 Å². The minimum atomic E-state index is -0.0356. The van der Waals surface area contributed by atoms with Crippen molar-refractivity contribution in [2.24, 2.45) is 0 Å². The molecule has 1 aliphatic heterocycles. The molecule has 0 aromatic carbocycles. The van der Waals surface area contributed by atoms with Crippen LogP contribution in [0.3, 0.4) is 0 Å². The first-order valence-electron chi connectivity index (χ1n) is 7.51. The van der Waals surface area contributed by atoms with E-state index in [4.69, 9.17) is 20.8 Å². The van der Waals surface area contributed by atoms with E-state index in [1.807, 2.05) is 23.6 Å². The lowest BCUT2D eigenvalue weighted by Crippen LogP contribution is -2.08. The fourth-order valence-electron chi connectivity index (χ4n) is 2.75. The van der Waals surface area contributed by atoms with Crippen molar-refractivity contribution in [3.05, 3.63) is 35.3 Å². The average molecular weight is 334 g/mol. The van der Waals surface area contributed by atoms with Gasteiger partial charge in [0.15, 0.2) is 17.0 Å². The number of rotatable bonds is 4. The summed E-state index contributed by atoms with van der Waals surface area (Å²) in [5, 5.41) is 3.39. The summed E-state index contributed by atoms with van der Waals surface area (Å²) in [6.45, 7) is 3.17. The number of aromatic nitrogens is 4. The standard InChI is InChI=1S/C15H16ClN5O2/c1-9-4-5-10(23-9)7-17-13-12-14(20-15(16)19-13)21(8-18-12)11-3-2-6-22-11/h4-5,8,11H,2-3,6-7H2,1H3,(H,17,19,20). The lowest BCUT2D eigenvalue weighted by atomic mass is 10.3. The zero-order chi connectivity index (χ0) is 15.8. The fraction of sp³-hybridized carbons (Fsp3) is 0.400. The minimum absolute atomic E-state index is 0.0356. The summed E-state index contributed by atoms with van der Waals surface area (Å²) in [6.07, 6.45) is 3.67. The van der Waals surface area contributed by atoms with Crippen LogP contribution >= 0.6 is 11.6 Å². The van der Waals surface area contributed by atoms with E-state index < -0.39 is 0 Å². The summed E-state index contributed by atoms with van der Waals surface area (Å²) in [7, 11) is 0. The molecule has 0 aliphatic carbocycles. The Kier molecular flexibility index (Phi) is 3.66. The minimum Gasteiger partial charge on any atom is -0.465 e. The Morgan fingerprint density at radius 3 is 3.04 bits per heavy atom. The maximum atomic E-state index is 6.08. The highest BCUT2D eigenvalue weighted by Crippen LogP contribution is 2.29. The smallest absolute Gasteiger partial charge is 0.226 e. The zero-order valence-electron chi connectivity index (χ0n) is 12.6. The summed E-state index contributed by atoms with van der Waals surface area (Å²) < 4.78 is 13.2. The van der Waals surface area contributed by atoms with Gasteiger partial charge in [0.1, 0.15) is 17.7 Å². The Hall–Kier alpha value is -2.12. The number of ether oxygens (including phenoxy) is 1. The van der Waals surface area contributed by atoms with Crippen LogP contribution in [0.4, 0.5) is 5.82 Å². The van der Waals surface area contributed by atoms with Gasteiger partial charge in [-0.1, -0.05) is 0 Å². The number of nitrogens with zero attached hydrogens (tertiary/aromatic N) is 4. The highest BCUT2D eigenvalue weighted by molar-refractivity contribution is 6.28. The summed E-state index contributed by atoms with van der Waals surface area (Å²) in [6, 6.07) is 3.85. The predicted molar refractivity (Wildman–Crippen MR) is 85.3 cm³/mol. The summed E-state index contributed by atoms with van der Waals surface area (Å²) >= 11 is 6.08. The Morgan fingerprint density at radius 1 is 1.39 bits per heavy atom. The van der Waals surface area contributed by atoms with Crippen LogP contribution in [-0.2, 0) is 11.3 Å². The SMILES string of the molecule is Cc1ccc(CNc2nc(Cl)nc3c2ncn3C2CCCO2)o1. The molecule has 8 heteroatoms. The van der Waals surface area contributed by atoms with E-state index in [0.29, 0.717) is 23.5 Å². The molecule has 0 bridgehead atoms. The second kappa shape index (κ2) is 5.82. The third-order valence-electron chi connectivity index (χ3n) is 3.84. The van der Waals surface area contributed by atoms with E-state index in [0.717, 1.165) is 31.0 Å². The van der Waals surface area contributed by atoms with Gasteiger partial charge in [-0.3, -0.25) is 4.57 Å². The van der Waals surface area contributed by atoms with Crippen LogP contribution in [0.5, 0.6) is 0 Å². The Balaban J connectivity index is 1.66. The van der Waals surface area contributed by atoms with Crippen LogP contribution in [0.25, 0.3) is 11.2 Å². The molecule has 120 valence electrons. The van der Waals surface area contributed by atoms with Gasteiger partial charge in [0.05, 0.1) is 12.9 Å². The first kappa shape index (κ1) is 14.5. The molecule has 1 atom stereocenters. The van der Waals surface area contributed by atoms with Gasteiger partial charge in [-0.15, -0.1) is 0 Å². The van der Waals surface area contributed by atoms with E-state index in [-0.39, 0.29) is 11.5 Å². The molecule has 1 unspecified atom stereocenters. The number of hydrogen-bond acceptors (Lipinski definition) is 6. The molecule has 1 saturated heterocycles. The van der Waals surface area contributed by atoms with Gasteiger partial charge in [-0.05, 0) is 43.5 Å². The van der Waals surface area contributed by atoms with Crippen molar-refractivity contribution < 1.29 is 9.15 Å². The molecule has 0 saturated carbocycles. The van der Waals surface area contributed by atoms with Gasteiger partial charge in [0, 0.05) is 6.61 Å². The van der Waals surface area contributed by atoms with Crippen LogP contribution in [0, 0.1) is 6.92 Å². The summed E-state index contributed by atoms with van der Waals surface area (Å²) in [5.41, 5.74) is 1.35. The van der Waals surface area contributed by atoms with Crippen molar-refractivity contribution in [2.45, 2.75) is 32.5 Å². The summed E-state index contributed by atoms with van der Waals surface area (Å²) in [4.78, 5) is 13.0. The van der Waals surface area contributed by atoms with Crippen LogP contribution in [-0.4, -0.2) is 26.1 Å². The number of anilines is 1. The van der Waals surface area contributed by atoms with E-state index in [1.54, 1.807) is 6.33 Å². The van der Waals surface area contributed by atoms with E-state index >= 15 is 0 Å². The van der Waals surface area contributed by atoms with Crippen molar-refractivity contribution >= 4 is 28.6 Å². The monoisotopic (exact) mass is 333 g/mol. The average Bonchev–Trinajstić information content (AvgIpc) is 3.24. The number of nitrogens with one attached hydrogen (secondary N) is 1. The van der Waals surface area contributed by atoms with Gasteiger partial charge >= 0.3 is 0 Å². The second-order valence-corrected chi connectivity index (χ2v) is 5.84. The first-order chi connectivity index (χ1) is 11.2. The number of fused-ring (bicyclic) bond motifs is 1. The van der Waals surface area contributed by atoms with Crippen molar-refractivity contribution in [3.63, 3.8) is 0 Å². The number of hydrogen-bond donors (Lipinski definition) is 1. The van der Waals surface area contributed by atoms with Gasteiger partial charge in [-0.2, -0.15) is 9.97 Å². The third kappa shape index (κ3) is 2.77. The van der Waals surface area contributed by atoms with Crippen molar-refractivity contribution in [1.82, 2.24) is 19.5 Å². The number of furan rings is 1. The third-order valence-corrected chi connectivity index (χ3v) is 4.01. The largest absolute Gasteiger partial charge is 0.465 e. The molecule has 7 nitrogen and oxygen atoms in total. The molecular formula is C15H16ClN5O2. The Morgan fingerprint density at radius 2 is 2.30 bits per heavy atom. The van der Waals surface area contributed by atoms with Crippen LogP contribution in [0.1, 0.15) is 30.6 Å². The molecule has 23 heavy (non-hydrogen) atoms. The Labute approximate surface area is 137 Å². The van der Waals surface area contributed by atoms with Crippen molar-refractivity contribution in [3.8, 4) is 0 Å². The number of imidazole rings is 1. The maximum Gasteiger partial charge on any atom is 0.226 e. The van der Waals surface area contributed by atoms with Gasteiger partial charge in [-0.25, -0.2) is 4.98 Å². The van der Waals surface area contributed by atoms with E-state index in [9.17, 15) is 0 Å². The molecule has 0 radical (unpaired) electrons. The molecule has 4 rings (SSSR count). The van der Waals surface area contributed by atoms with Crippen LogP contribution < -0.4 is 5.32 Å². The highest BCUT2D eigenvalue weighted by atomic mass is 35.5. The molecule has 0 spiro atoms. The topological polar surface area (TPSA) is 78.0 Å². The van der Waals surface area contributed by atoms with Crippen LogP contribution in [0.15, 0.2) is 22.9 Å². The molecule has 1 fully saturated rings. The molecule has 1 N–H and O–H groups in total. The number of halogens is 1. The lowest BCUT2D eigenvalue weighted by molar-refractivity contribution is 0.0593. The zero-order valence-corrected chi connectivity index (χ0v) is 13.4. The lowest BCUT2D eigenvalue weighted by Gasteiger charge is -2.12.